The fourth-order valence-electron chi connectivity index (χ4n) is 6.29. The number of hydrogen-bond donors (Lipinski definition) is 1. The number of aliphatic hydroxyl groups excluding tert-OH is 1. The second-order valence-electron chi connectivity index (χ2n) is 11.0. The van der Waals surface area contributed by atoms with Crippen LogP contribution in [0.1, 0.15) is 61.9 Å². The molecule has 1 heteroatoms. The highest BCUT2D eigenvalue weighted by molar-refractivity contribution is 5.86. The van der Waals surface area contributed by atoms with Crippen molar-refractivity contribution >= 4 is 0 Å². The van der Waals surface area contributed by atoms with Gasteiger partial charge in [0, 0.05) is 17.4 Å². The van der Waals surface area contributed by atoms with E-state index >= 15 is 0 Å². The molecule has 1 N–H and O–H groups in total. The van der Waals surface area contributed by atoms with E-state index in [9.17, 15) is 5.11 Å². The molecule has 0 atom stereocenters. The predicted octanol–water partition coefficient (Wildman–Crippen LogP) is 7.89. The van der Waals surface area contributed by atoms with Crippen LogP contribution in [0, 0.1) is 0 Å². The molecule has 0 bridgehead atoms. The lowest BCUT2D eigenvalue weighted by atomic mass is 9.80. The molecule has 6 rings (SSSR count). The predicted molar refractivity (Wildman–Crippen MR) is 142 cm³/mol. The molecule has 0 saturated heterocycles. The molecule has 0 heterocycles. The number of benzene rings is 4. The molecule has 4 aromatic carbocycles. The van der Waals surface area contributed by atoms with Crippen molar-refractivity contribution in [3.63, 3.8) is 0 Å². The van der Waals surface area contributed by atoms with E-state index < -0.39 is 0 Å². The molecule has 0 amide bonds. The Bertz CT molecular complexity index is 1440. The van der Waals surface area contributed by atoms with E-state index in [2.05, 4.69) is 107 Å². The Morgan fingerprint density at radius 3 is 1.68 bits per heavy atom. The van der Waals surface area contributed by atoms with Crippen LogP contribution in [-0.2, 0) is 17.3 Å². The molecule has 34 heavy (non-hydrogen) atoms. The van der Waals surface area contributed by atoms with E-state index in [0.29, 0.717) is 0 Å². The Hall–Kier alpha value is -3.16. The normalized spacial score (nSPS) is 16.0. The van der Waals surface area contributed by atoms with Crippen molar-refractivity contribution in [3.05, 3.63) is 107 Å². The average Bonchev–Trinajstić information content (AvgIpc) is 3.22. The van der Waals surface area contributed by atoms with Gasteiger partial charge in [-0.25, -0.2) is 0 Å². The molecular weight excluding hydrogens is 412 g/mol. The summed E-state index contributed by atoms with van der Waals surface area (Å²) in [4.78, 5) is 0. The van der Waals surface area contributed by atoms with Crippen LogP contribution in [0.3, 0.4) is 0 Å². The molecule has 0 radical (unpaired) electrons. The van der Waals surface area contributed by atoms with Crippen LogP contribution >= 0.6 is 0 Å². The number of rotatable bonds is 4. The number of aliphatic hydroxyl groups is 1. The van der Waals surface area contributed by atoms with Crippen LogP contribution in [0.5, 0.6) is 0 Å². The van der Waals surface area contributed by atoms with E-state index in [1.165, 1.54) is 61.2 Å². The van der Waals surface area contributed by atoms with Crippen molar-refractivity contribution in [1.82, 2.24) is 0 Å². The van der Waals surface area contributed by atoms with E-state index in [4.69, 9.17) is 0 Å². The summed E-state index contributed by atoms with van der Waals surface area (Å²) in [5.41, 5.74) is 15.0. The summed E-state index contributed by atoms with van der Waals surface area (Å²) in [5.74, 6) is 0. The summed E-state index contributed by atoms with van der Waals surface area (Å²) in [6.07, 6.45) is 1.74. The second kappa shape index (κ2) is 7.42. The molecule has 4 aromatic rings. The van der Waals surface area contributed by atoms with Crippen LogP contribution in [0.15, 0.2) is 78.9 Å². The van der Waals surface area contributed by atoms with Gasteiger partial charge in [-0.3, -0.25) is 0 Å². The molecule has 0 aromatic heterocycles. The third-order valence-electron chi connectivity index (χ3n) is 8.28. The maximum atomic E-state index is 9.25. The Labute approximate surface area is 203 Å². The maximum Gasteiger partial charge on any atom is 0.0434 e. The minimum Gasteiger partial charge on any atom is -0.396 e. The summed E-state index contributed by atoms with van der Waals surface area (Å²) in [7, 11) is 0. The standard InChI is InChI=1S/C33H32O/c1-32(2)28-10-6-5-9-24(28)26-15-12-22(19-30(26)32)23-13-16-27-25-14-11-21(8-7-17-34)18-29(25)33(3,4)31(27)20-23/h5-6,9-16,18-20,34H,7-8,17H2,1-4H3. The zero-order valence-electron chi connectivity index (χ0n) is 20.6. The molecule has 0 aliphatic heterocycles. The van der Waals surface area contributed by atoms with Gasteiger partial charge in [-0.05, 0) is 86.2 Å². The van der Waals surface area contributed by atoms with Crippen LogP contribution < -0.4 is 0 Å². The lowest BCUT2D eigenvalue weighted by Gasteiger charge is -2.23. The third-order valence-corrected chi connectivity index (χ3v) is 8.28. The highest BCUT2D eigenvalue weighted by atomic mass is 16.2. The Kier molecular flexibility index (Phi) is 4.66. The van der Waals surface area contributed by atoms with Gasteiger partial charge in [-0.1, -0.05) is 94.4 Å². The van der Waals surface area contributed by atoms with Crippen LogP contribution in [0.25, 0.3) is 33.4 Å². The van der Waals surface area contributed by atoms with Crippen molar-refractivity contribution in [2.45, 2.75) is 51.4 Å². The summed E-state index contributed by atoms with van der Waals surface area (Å²) in [5, 5.41) is 9.25. The van der Waals surface area contributed by atoms with Gasteiger partial charge < -0.3 is 5.11 Å². The van der Waals surface area contributed by atoms with Crippen LogP contribution in [0.2, 0.25) is 0 Å². The van der Waals surface area contributed by atoms with E-state index in [-0.39, 0.29) is 17.4 Å². The third kappa shape index (κ3) is 2.96. The first-order chi connectivity index (χ1) is 16.3. The molecule has 0 spiro atoms. The monoisotopic (exact) mass is 444 g/mol. The van der Waals surface area contributed by atoms with Gasteiger partial charge >= 0.3 is 0 Å². The summed E-state index contributed by atoms with van der Waals surface area (Å²) < 4.78 is 0. The van der Waals surface area contributed by atoms with Crippen LogP contribution in [0.4, 0.5) is 0 Å². The van der Waals surface area contributed by atoms with Gasteiger partial charge in [-0.15, -0.1) is 0 Å². The first-order valence-corrected chi connectivity index (χ1v) is 12.5. The topological polar surface area (TPSA) is 20.2 Å². The molecule has 2 aliphatic carbocycles. The first-order valence-electron chi connectivity index (χ1n) is 12.5. The quantitative estimate of drug-likeness (QED) is 0.339. The van der Waals surface area contributed by atoms with Gasteiger partial charge in [0.1, 0.15) is 0 Å². The molecule has 0 unspecified atom stereocenters. The fourth-order valence-corrected chi connectivity index (χ4v) is 6.29. The minimum atomic E-state index is -0.0395. The highest BCUT2D eigenvalue weighted by Crippen LogP contribution is 2.52. The van der Waals surface area contributed by atoms with Crippen molar-refractivity contribution < 1.29 is 5.11 Å². The van der Waals surface area contributed by atoms with Gasteiger partial charge in [0.2, 0.25) is 0 Å². The largest absolute Gasteiger partial charge is 0.396 e. The van der Waals surface area contributed by atoms with E-state index in [1.807, 2.05) is 0 Å². The summed E-state index contributed by atoms with van der Waals surface area (Å²) in [6, 6.07) is 29.8. The number of aryl methyl sites for hydroxylation is 1. The lowest BCUT2D eigenvalue weighted by Crippen LogP contribution is -2.15. The fraction of sp³-hybridized carbons (Fsp3) is 0.273. The molecule has 2 aliphatic rings. The van der Waals surface area contributed by atoms with Crippen molar-refractivity contribution in [3.8, 4) is 33.4 Å². The van der Waals surface area contributed by atoms with Gasteiger partial charge in [0.05, 0.1) is 0 Å². The summed E-state index contributed by atoms with van der Waals surface area (Å²) >= 11 is 0. The molecule has 0 saturated carbocycles. The number of hydrogen-bond acceptors (Lipinski definition) is 1. The van der Waals surface area contributed by atoms with Gasteiger partial charge in [0.25, 0.3) is 0 Å². The molecule has 1 nitrogen and oxygen atoms in total. The van der Waals surface area contributed by atoms with Crippen LogP contribution in [-0.4, -0.2) is 11.7 Å². The Balaban J connectivity index is 1.43. The van der Waals surface area contributed by atoms with Gasteiger partial charge in [0.15, 0.2) is 0 Å². The molecule has 0 fully saturated rings. The lowest BCUT2D eigenvalue weighted by molar-refractivity contribution is 0.288. The zero-order chi connectivity index (χ0) is 23.7. The highest BCUT2D eigenvalue weighted by Gasteiger charge is 2.37. The molecule has 170 valence electrons. The molecular formula is C33H32O. The summed E-state index contributed by atoms with van der Waals surface area (Å²) in [6.45, 7) is 9.63. The Morgan fingerprint density at radius 2 is 1.06 bits per heavy atom. The van der Waals surface area contributed by atoms with Gasteiger partial charge in [-0.2, -0.15) is 0 Å². The Morgan fingerprint density at radius 1 is 0.559 bits per heavy atom. The SMILES string of the molecule is CC1(C)c2ccccc2-c2ccc(-c3ccc4c(c3)C(C)(C)c3cc(CCCO)ccc3-4)cc21. The average molecular weight is 445 g/mol. The van der Waals surface area contributed by atoms with E-state index in [1.54, 1.807) is 0 Å². The van der Waals surface area contributed by atoms with Crippen molar-refractivity contribution in [2.24, 2.45) is 0 Å². The van der Waals surface area contributed by atoms with Crippen molar-refractivity contribution in [2.75, 3.05) is 6.61 Å². The van der Waals surface area contributed by atoms with Crippen molar-refractivity contribution in [1.29, 1.82) is 0 Å². The number of fused-ring (bicyclic) bond motifs is 6. The zero-order valence-corrected chi connectivity index (χ0v) is 20.6. The smallest absolute Gasteiger partial charge is 0.0434 e. The minimum absolute atomic E-state index is 0.0130. The van der Waals surface area contributed by atoms with E-state index in [0.717, 1.165) is 12.8 Å². The second-order valence-corrected chi connectivity index (χ2v) is 11.0. The first kappa shape index (κ1) is 21.4. The maximum absolute atomic E-state index is 9.25.